The molecule has 1 aromatic rings. The number of carbonyl (C=O) groups is 1. The quantitative estimate of drug-likeness (QED) is 0.809. The van der Waals surface area contributed by atoms with E-state index in [0.717, 1.165) is 35.0 Å². The Morgan fingerprint density at radius 1 is 1.55 bits per heavy atom. The number of methoxy groups -OCH3 is 1. The van der Waals surface area contributed by atoms with Crippen LogP contribution < -0.4 is 10.1 Å². The average Bonchev–Trinajstić information content (AvgIpc) is 2.98. The van der Waals surface area contributed by atoms with E-state index in [-0.39, 0.29) is 11.8 Å². The number of ether oxygens (including phenoxy) is 2. The summed E-state index contributed by atoms with van der Waals surface area (Å²) in [6.45, 7) is 1.95. The van der Waals surface area contributed by atoms with Gasteiger partial charge in [0.05, 0.1) is 19.6 Å². The Balaban J connectivity index is 1.74. The van der Waals surface area contributed by atoms with E-state index >= 15 is 0 Å². The van der Waals surface area contributed by atoms with E-state index in [1.165, 1.54) is 0 Å². The second kappa shape index (κ2) is 7.64. The molecule has 1 fully saturated rings. The van der Waals surface area contributed by atoms with Crippen molar-refractivity contribution in [2.24, 2.45) is 5.92 Å². The van der Waals surface area contributed by atoms with E-state index in [1.807, 2.05) is 12.1 Å². The maximum Gasteiger partial charge on any atom is 0.225 e. The summed E-state index contributed by atoms with van der Waals surface area (Å²) in [5, 5.41) is 2.97. The highest BCUT2D eigenvalue weighted by atomic mass is 79.9. The third-order valence-corrected chi connectivity index (χ3v) is 3.96. The summed E-state index contributed by atoms with van der Waals surface area (Å²) >= 11 is 3.43. The minimum atomic E-state index is 0.0391. The zero-order valence-electron chi connectivity index (χ0n) is 11.7. The van der Waals surface area contributed by atoms with Gasteiger partial charge in [0.2, 0.25) is 5.91 Å². The molecule has 1 N–H and O–H groups in total. The molecule has 0 bridgehead atoms. The highest BCUT2D eigenvalue weighted by Gasteiger charge is 2.22. The van der Waals surface area contributed by atoms with Crippen molar-refractivity contribution in [1.29, 1.82) is 0 Å². The standard InChI is InChI=1S/C15H20BrNO3/c1-19-14-9-13(16)5-4-11(14)3-2-7-17-15(18)12-6-8-20-10-12/h4-5,9,12H,2-3,6-8,10H2,1H3,(H,17,18)/t12-/m1/s1. The highest BCUT2D eigenvalue weighted by molar-refractivity contribution is 9.10. The summed E-state index contributed by atoms with van der Waals surface area (Å²) < 4.78 is 11.6. The lowest BCUT2D eigenvalue weighted by atomic mass is 10.1. The van der Waals surface area contributed by atoms with Crippen LogP contribution in [0.15, 0.2) is 22.7 Å². The number of nitrogens with one attached hydrogen (secondary N) is 1. The summed E-state index contributed by atoms with van der Waals surface area (Å²) in [6, 6.07) is 6.02. The van der Waals surface area contributed by atoms with Crippen LogP contribution in [0.25, 0.3) is 0 Å². The van der Waals surface area contributed by atoms with Gasteiger partial charge in [-0.2, -0.15) is 0 Å². The summed E-state index contributed by atoms with van der Waals surface area (Å²) in [6.07, 6.45) is 2.63. The van der Waals surface area contributed by atoms with Crippen LogP contribution >= 0.6 is 15.9 Å². The fourth-order valence-corrected chi connectivity index (χ4v) is 2.64. The molecule has 1 atom stereocenters. The number of aryl methyl sites for hydroxylation is 1. The van der Waals surface area contributed by atoms with Gasteiger partial charge >= 0.3 is 0 Å². The number of amides is 1. The van der Waals surface area contributed by atoms with Gasteiger partial charge in [-0.1, -0.05) is 22.0 Å². The molecule has 1 aliphatic heterocycles. The Kier molecular flexibility index (Phi) is 5.86. The van der Waals surface area contributed by atoms with Gasteiger partial charge in [-0.25, -0.2) is 0 Å². The molecule has 110 valence electrons. The lowest BCUT2D eigenvalue weighted by Crippen LogP contribution is -2.31. The van der Waals surface area contributed by atoms with Crippen LogP contribution in [0, 0.1) is 5.92 Å². The largest absolute Gasteiger partial charge is 0.496 e. The normalized spacial score (nSPS) is 18.0. The summed E-state index contributed by atoms with van der Waals surface area (Å²) in [5.41, 5.74) is 1.16. The van der Waals surface area contributed by atoms with Crippen LogP contribution in [0.3, 0.4) is 0 Å². The SMILES string of the molecule is COc1cc(Br)ccc1CCCNC(=O)[C@@H]1CCOC1. The maximum atomic E-state index is 11.8. The lowest BCUT2D eigenvalue weighted by molar-refractivity contribution is -0.124. The van der Waals surface area contributed by atoms with Crippen molar-refractivity contribution in [1.82, 2.24) is 5.32 Å². The monoisotopic (exact) mass is 341 g/mol. The van der Waals surface area contributed by atoms with Gasteiger partial charge in [-0.15, -0.1) is 0 Å². The average molecular weight is 342 g/mol. The minimum absolute atomic E-state index is 0.0391. The number of rotatable bonds is 6. The molecule has 20 heavy (non-hydrogen) atoms. The third kappa shape index (κ3) is 4.21. The predicted molar refractivity (Wildman–Crippen MR) is 81.0 cm³/mol. The van der Waals surface area contributed by atoms with Crippen molar-refractivity contribution in [2.45, 2.75) is 19.3 Å². The van der Waals surface area contributed by atoms with Gasteiger partial charge in [0.15, 0.2) is 0 Å². The highest BCUT2D eigenvalue weighted by Crippen LogP contribution is 2.24. The molecule has 4 nitrogen and oxygen atoms in total. The smallest absolute Gasteiger partial charge is 0.225 e. The first-order chi connectivity index (χ1) is 9.70. The number of halogens is 1. The van der Waals surface area contributed by atoms with Crippen molar-refractivity contribution in [3.8, 4) is 5.75 Å². The van der Waals surface area contributed by atoms with Gasteiger partial charge in [0.1, 0.15) is 5.75 Å². The fraction of sp³-hybridized carbons (Fsp3) is 0.533. The van der Waals surface area contributed by atoms with Crippen molar-refractivity contribution >= 4 is 21.8 Å². The molecule has 0 aliphatic carbocycles. The molecule has 0 unspecified atom stereocenters. The van der Waals surface area contributed by atoms with Gasteiger partial charge < -0.3 is 14.8 Å². The van der Waals surface area contributed by atoms with Crippen molar-refractivity contribution in [2.75, 3.05) is 26.9 Å². The van der Waals surface area contributed by atoms with Crippen LogP contribution in [-0.4, -0.2) is 32.8 Å². The molecule has 5 heteroatoms. The molecule has 0 aromatic heterocycles. The molecule has 1 aliphatic rings. The Bertz CT molecular complexity index is 458. The molecule has 1 heterocycles. The van der Waals surface area contributed by atoms with E-state index in [2.05, 4.69) is 27.3 Å². The molecule has 0 spiro atoms. The predicted octanol–water partition coefficient (Wildman–Crippen LogP) is 2.54. The Hall–Kier alpha value is -1.07. The van der Waals surface area contributed by atoms with Crippen LogP contribution in [0.5, 0.6) is 5.75 Å². The van der Waals surface area contributed by atoms with E-state index in [4.69, 9.17) is 9.47 Å². The number of hydrogen-bond acceptors (Lipinski definition) is 3. The van der Waals surface area contributed by atoms with Crippen molar-refractivity contribution in [3.05, 3.63) is 28.2 Å². The van der Waals surface area contributed by atoms with Crippen molar-refractivity contribution in [3.63, 3.8) is 0 Å². The summed E-state index contributed by atoms with van der Waals surface area (Å²) in [4.78, 5) is 11.8. The molecule has 1 amide bonds. The molecule has 1 aromatic carbocycles. The van der Waals surface area contributed by atoms with Crippen molar-refractivity contribution < 1.29 is 14.3 Å². The Morgan fingerprint density at radius 3 is 3.10 bits per heavy atom. The molecule has 0 saturated carbocycles. The first kappa shape index (κ1) is 15.3. The van der Waals surface area contributed by atoms with Gasteiger partial charge in [-0.3, -0.25) is 4.79 Å². The second-order valence-electron chi connectivity index (χ2n) is 4.91. The lowest BCUT2D eigenvalue weighted by Gasteiger charge is -2.11. The Labute approximate surface area is 128 Å². The van der Waals surface area contributed by atoms with E-state index in [1.54, 1.807) is 7.11 Å². The molecule has 1 saturated heterocycles. The molecule has 0 radical (unpaired) electrons. The molecular weight excluding hydrogens is 322 g/mol. The zero-order valence-corrected chi connectivity index (χ0v) is 13.2. The number of hydrogen-bond donors (Lipinski definition) is 1. The van der Waals surface area contributed by atoms with Crippen LogP contribution in [0.4, 0.5) is 0 Å². The molecular formula is C15H20BrNO3. The van der Waals surface area contributed by atoms with E-state index < -0.39 is 0 Å². The minimum Gasteiger partial charge on any atom is -0.496 e. The summed E-state index contributed by atoms with van der Waals surface area (Å²) in [7, 11) is 1.67. The van der Waals surface area contributed by atoms with E-state index in [9.17, 15) is 4.79 Å². The van der Waals surface area contributed by atoms with Crippen LogP contribution in [0.1, 0.15) is 18.4 Å². The number of carbonyl (C=O) groups excluding carboxylic acids is 1. The summed E-state index contributed by atoms with van der Waals surface area (Å²) in [5.74, 6) is 1.04. The maximum absolute atomic E-state index is 11.8. The second-order valence-corrected chi connectivity index (χ2v) is 5.83. The van der Waals surface area contributed by atoms with Gasteiger partial charge in [0.25, 0.3) is 0 Å². The zero-order chi connectivity index (χ0) is 14.4. The first-order valence-electron chi connectivity index (χ1n) is 6.88. The van der Waals surface area contributed by atoms with Crippen LogP contribution in [-0.2, 0) is 16.0 Å². The van der Waals surface area contributed by atoms with E-state index in [0.29, 0.717) is 19.8 Å². The topological polar surface area (TPSA) is 47.6 Å². The molecule has 2 rings (SSSR count). The van der Waals surface area contributed by atoms with Crippen LogP contribution in [0.2, 0.25) is 0 Å². The third-order valence-electron chi connectivity index (χ3n) is 3.47. The van der Waals surface area contributed by atoms with Gasteiger partial charge in [-0.05, 0) is 37.0 Å². The Morgan fingerprint density at radius 2 is 2.40 bits per heavy atom. The number of benzene rings is 1. The first-order valence-corrected chi connectivity index (χ1v) is 7.68. The fourth-order valence-electron chi connectivity index (χ4n) is 2.30. The van der Waals surface area contributed by atoms with Gasteiger partial charge in [0, 0.05) is 17.6 Å².